The number of thiophene rings is 1. The number of aryl methyl sites for hydroxylation is 1. The predicted molar refractivity (Wildman–Crippen MR) is 108 cm³/mol. The molecule has 0 unspecified atom stereocenters. The fraction of sp³-hybridized carbons (Fsp3) is 0.647. The number of nitrogens with one attached hydrogen (secondary N) is 2. The van der Waals surface area contributed by atoms with Crippen LogP contribution in [0, 0.1) is 5.92 Å². The largest absolute Gasteiger partial charge is 0.462 e. The summed E-state index contributed by atoms with van der Waals surface area (Å²) in [4.78, 5) is 25.7. The normalized spacial score (nSPS) is 14.9. The molecule has 26 heavy (non-hydrogen) atoms. The molecule has 0 saturated heterocycles. The first-order chi connectivity index (χ1) is 12.1. The minimum absolute atomic E-state index is 0.173. The number of amides is 1. The molecule has 1 amide bonds. The second-order valence-corrected chi connectivity index (χ2v) is 10.0. The van der Waals surface area contributed by atoms with Gasteiger partial charge < -0.3 is 15.4 Å². The molecule has 1 aromatic rings. The zero-order chi connectivity index (χ0) is 19.5. The second kappa shape index (κ2) is 9.00. The summed E-state index contributed by atoms with van der Waals surface area (Å²) in [5, 5.41) is 6.32. The fourth-order valence-electron chi connectivity index (χ4n) is 2.85. The maximum atomic E-state index is 12.4. The number of hydrogen-bond donors (Lipinski definition) is 2. The minimum Gasteiger partial charge on any atom is -0.462 e. The Labute approximate surface area is 172 Å². The lowest BCUT2D eigenvalue weighted by Crippen LogP contribution is -2.49. The van der Waals surface area contributed by atoms with Gasteiger partial charge in [0.2, 0.25) is 9.70 Å². The zero-order valence-corrected chi connectivity index (χ0v) is 18.0. The fourth-order valence-corrected chi connectivity index (χ4v) is 4.48. The van der Waals surface area contributed by atoms with Crippen molar-refractivity contribution >= 4 is 63.0 Å². The molecule has 0 saturated carbocycles. The Balaban J connectivity index is 2.28. The molecule has 1 aliphatic carbocycles. The number of halogens is 3. The van der Waals surface area contributed by atoms with Crippen molar-refractivity contribution in [3.8, 4) is 0 Å². The van der Waals surface area contributed by atoms with Gasteiger partial charge in [-0.05, 0) is 37.7 Å². The van der Waals surface area contributed by atoms with Crippen molar-refractivity contribution in [3.05, 3.63) is 16.0 Å². The lowest BCUT2D eigenvalue weighted by molar-refractivity contribution is -0.122. The smallest absolute Gasteiger partial charge is 0.341 e. The summed E-state index contributed by atoms with van der Waals surface area (Å²) in [7, 11) is 0. The first kappa shape index (κ1) is 21.6. The van der Waals surface area contributed by atoms with E-state index >= 15 is 0 Å². The highest BCUT2D eigenvalue weighted by Crippen LogP contribution is 2.41. The molecule has 2 rings (SSSR count). The van der Waals surface area contributed by atoms with Crippen molar-refractivity contribution in [2.75, 3.05) is 11.9 Å². The maximum Gasteiger partial charge on any atom is 0.341 e. The van der Waals surface area contributed by atoms with Crippen LogP contribution in [-0.2, 0) is 22.4 Å². The number of fused-ring (bicyclic) bond motifs is 1. The van der Waals surface area contributed by atoms with Gasteiger partial charge in [0.15, 0.2) is 0 Å². The van der Waals surface area contributed by atoms with Gasteiger partial charge in [0, 0.05) is 11.3 Å². The summed E-state index contributed by atoms with van der Waals surface area (Å²) in [5.74, 6) is -0.455. The van der Waals surface area contributed by atoms with Gasteiger partial charge in [-0.3, -0.25) is 4.79 Å². The Bertz CT molecular complexity index is 671. The van der Waals surface area contributed by atoms with Gasteiger partial charge in [-0.15, -0.1) is 11.3 Å². The van der Waals surface area contributed by atoms with Crippen LogP contribution < -0.4 is 10.6 Å². The molecule has 0 radical (unpaired) electrons. The number of hydrogen-bond acceptors (Lipinski definition) is 5. The highest BCUT2D eigenvalue weighted by Gasteiger charge is 2.37. The highest BCUT2D eigenvalue weighted by molar-refractivity contribution is 7.16. The van der Waals surface area contributed by atoms with Crippen LogP contribution in [0.4, 0.5) is 5.00 Å². The van der Waals surface area contributed by atoms with Gasteiger partial charge in [-0.2, -0.15) is 0 Å². The summed E-state index contributed by atoms with van der Waals surface area (Å²) >= 11 is 19.6. The number of esters is 1. The summed E-state index contributed by atoms with van der Waals surface area (Å²) in [6, 6.07) is 0. The van der Waals surface area contributed by atoms with Crippen molar-refractivity contribution < 1.29 is 14.3 Å². The molecule has 0 fully saturated rings. The Morgan fingerprint density at radius 2 is 1.96 bits per heavy atom. The van der Waals surface area contributed by atoms with Crippen LogP contribution in [0.15, 0.2) is 0 Å². The second-order valence-electron chi connectivity index (χ2n) is 6.57. The van der Waals surface area contributed by atoms with Gasteiger partial charge in [-0.1, -0.05) is 48.7 Å². The van der Waals surface area contributed by atoms with Gasteiger partial charge in [0.1, 0.15) is 11.2 Å². The summed E-state index contributed by atoms with van der Waals surface area (Å²) in [5.41, 5.74) is 1.48. The van der Waals surface area contributed by atoms with E-state index in [0.29, 0.717) is 17.0 Å². The molecule has 146 valence electrons. The van der Waals surface area contributed by atoms with Crippen LogP contribution in [0.2, 0.25) is 0 Å². The Morgan fingerprint density at radius 3 is 2.54 bits per heavy atom. The molecule has 0 aliphatic heterocycles. The first-order valence-corrected chi connectivity index (χ1v) is 10.5. The van der Waals surface area contributed by atoms with E-state index in [-0.39, 0.29) is 18.4 Å². The number of rotatable bonds is 7. The van der Waals surface area contributed by atoms with Crippen LogP contribution in [0.3, 0.4) is 0 Å². The number of anilines is 1. The molecule has 1 aliphatic rings. The molecule has 1 atom stereocenters. The van der Waals surface area contributed by atoms with Crippen LogP contribution in [0.1, 0.15) is 54.4 Å². The first-order valence-electron chi connectivity index (χ1n) is 8.57. The van der Waals surface area contributed by atoms with E-state index in [4.69, 9.17) is 39.5 Å². The third kappa shape index (κ3) is 5.41. The number of carbonyl (C=O) groups excluding carboxylic acids is 2. The van der Waals surface area contributed by atoms with E-state index in [1.54, 1.807) is 6.92 Å². The zero-order valence-electron chi connectivity index (χ0n) is 15.0. The molecule has 2 N–H and O–H groups in total. The number of ether oxygens (including phenoxy) is 1. The van der Waals surface area contributed by atoms with Crippen LogP contribution >= 0.6 is 46.1 Å². The number of carbonyl (C=O) groups is 2. The molecule has 1 aromatic heterocycles. The molecule has 0 spiro atoms. The minimum atomic E-state index is -1.78. The summed E-state index contributed by atoms with van der Waals surface area (Å²) in [6.45, 7) is 5.90. The highest BCUT2D eigenvalue weighted by atomic mass is 35.6. The van der Waals surface area contributed by atoms with Crippen LogP contribution in [-0.4, -0.2) is 28.4 Å². The molecule has 1 heterocycles. The van der Waals surface area contributed by atoms with E-state index in [2.05, 4.69) is 10.6 Å². The van der Waals surface area contributed by atoms with Crippen LogP contribution in [0.25, 0.3) is 0 Å². The van der Waals surface area contributed by atoms with Gasteiger partial charge in [0.05, 0.1) is 12.2 Å². The molecular weight excluding hydrogens is 419 g/mol. The average Bonchev–Trinajstić information content (AvgIpc) is 3.05. The molecule has 0 bridgehead atoms. The lowest BCUT2D eigenvalue weighted by atomic mass is 10.1. The lowest BCUT2D eigenvalue weighted by Gasteiger charge is -2.27. The van der Waals surface area contributed by atoms with E-state index in [1.165, 1.54) is 11.3 Å². The van der Waals surface area contributed by atoms with Crippen molar-refractivity contribution in [1.29, 1.82) is 0 Å². The van der Waals surface area contributed by atoms with E-state index in [9.17, 15) is 9.59 Å². The summed E-state index contributed by atoms with van der Waals surface area (Å²) in [6.07, 6.45) is 2.08. The predicted octanol–water partition coefficient (Wildman–Crippen LogP) is 4.68. The topological polar surface area (TPSA) is 67.4 Å². The van der Waals surface area contributed by atoms with E-state index in [0.717, 1.165) is 29.7 Å². The monoisotopic (exact) mass is 440 g/mol. The molecular formula is C17H23Cl3N2O3S. The van der Waals surface area contributed by atoms with Gasteiger partial charge in [-0.25, -0.2) is 4.79 Å². The molecule has 9 heteroatoms. The SMILES string of the molecule is CCOC(=O)c1c(N[C@@H](NC(=O)CC(C)C)C(Cl)(Cl)Cl)sc2c1CCC2. The van der Waals surface area contributed by atoms with Crippen LogP contribution in [0.5, 0.6) is 0 Å². The third-order valence-electron chi connectivity index (χ3n) is 3.90. The van der Waals surface area contributed by atoms with E-state index < -0.39 is 15.9 Å². The quantitative estimate of drug-likeness (QED) is 0.366. The van der Waals surface area contributed by atoms with Crippen molar-refractivity contribution in [3.63, 3.8) is 0 Å². The van der Waals surface area contributed by atoms with Gasteiger partial charge >= 0.3 is 5.97 Å². The summed E-state index contributed by atoms with van der Waals surface area (Å²) < 4.78 is 3.41. The maximum absolute atomic E-state index is 12.4. The third-order valence-corrected chi connectivity index (χ3v) is 5.78. The van der Waals surface area contributed by atoms with E-state index in [1.807, 2.05) is 13.8 Å². The Morgan fingerprint density at radius 1 is 1.27 bits per heavy atom. The van der Waals surface area contributed by atoms with Crippen molar-refractivity contribution in [2.45, 2.75) is 56.4 Å². The Kier molecular flexibility index (Phi) is 7.48. The molecule has 0 aromatic carbocycles. The van der Waals surface area contributed by atoms with Crippen molar-refractivity contribution in [1.82, 2.24) is 5.32 Å². The van der Waals surface area contributed by atoms with Gasteiger partial charge in [0.25, 0.3) is 0 Å². The Hall–Kier alpha value is -0.690. The molecule has 5 nitrogen and oxygen atoms in total. The standard InChI is InChI=1S/C17H23Cl3N2O3S/c1-4-25-15(24)13-10-6-5-7-11(10)26-14(13)22-16(17(18,19)20)21-12(23)8-9(2)3/h9,16,22H,4-8H2,1-3H3,(H,21,23)/t16-/m1/s1. The van der Waals surface area contributed by atoms with Crippen molar-refractivity contribution in [2.24, 2.45) is 5.92 Å². The number of alkyl halides is 3. The average molecular weight is 442 g/mol.